The number of imidazole rings is 1. The minimum Gasteiger partial charge on any atom is -0.779 e. The van der Waals surface area contributed by atoms with Gasteiger partial charge in [-0.05, 0) is 12.1 Å². The van der Waals surface area contributed by atoms with E-state index in [-0.39, 0.29) is 24.4 Å². The minimum absolute atomic E-state index is 0.104. The maximum absolute atomic E-state index is 12.5. The summed E-state index contributed by atoms with van der Waals surface area (Å²) < 4.78 is 29.4. The summed E-state index contributed by atoms with van der Waals surface area (Å²) >= 11 is 0. The van der Waals surface area contributed by atoms with Gasteiger partial charge in [0.25, 0.3) is 5.91 Å². The van der Waals surface area contributed by atoms with Gasteiger partial charge in [0.05, 0.1) is 19.0 Å². The first-order valence-corrected chi connectivity index (χ1v) is 11.5. The van der Waals surface area contributed by atoms with Crippen molar-refractivity contribution in [2.45, 2.75) is 24.9 Å². The molecule has 4 rings (SSSR count). The molecule has 1 aromatic carbocycles. The van der Waals surface area contributed by atoms with Crippen LogP contribution < -0.4 is 10.2 Å². The van der Waals surface area contributed by atoms with Crippen LogP contribution in [0.3, 0.4) is 0 Å². The Hall–Kier alpha value is -2.69. The fourth-order valence-corrected chi connectivity index (χ4v) is 3.83. The smallest absolute Gasteiger partial charge is 0.256 e. The molecule has 12 heteroatoms. The lowest BCUT2D eigenvalue weighted by atomic mass is 10.2. The van der Waals surface area contributed by atoms with E-state index < -0.39 is 19.9 Å². The zero-order chi connectivity index (χ0) is 22.0. The van der Waals surface area contributed by atoms with Gasteiger partial charge in [-0.2, -0.15) is 0 Å². The Bertz CT molecular complexity index is 1120. The number of hydrogen-bond acceptors (Lipinski definition) is 9. The lowest BCUT2D eigenvalue weighted by molar-refractivity contribution is -0.199. The Morgan fingerprint density at radius 1 is 1.32 bits per heavy atom. The van der Waals surface area contributed by atoms with Gasteiger partial charge in [-0.25, -0.2) is 15.0 Å². The maximum atomic E-state index is 12.5. The SMILES string of the molecule is CO[C@H]1C[C@@H](COP(C)(=O)[O-])O[C@H]1n1cnc2c(NC(=O)c3ccccc3)ncnc21. The van der Waals surface area contributed by atoms with E-state index in [2.05, 4.69) is 20.3 Å². The molecule has 1 amide bonds. The highest BCUT2D eigenvalue weighted by atomic mass is 31.2. The van der Waals surface area contributed by atoms with E-state index in [1.54, 1.807) is 35.9 Å². The molecule has 0 aliphatic carbocycles. The molecule has 1 aliphatic heterocycles. The van der Waals surface area contributed by atoms with Crippen LogP contribution in [0.5, 0.6) is 0 Å². The van der Waals surface area contributed by atoms with Crippen molar-refractivity contribution in [3.05, 3.63) is 48.5 Å². The molecule has 11 nitrogen and oxygen atoms in total. The third-order valence-electron chi connectivity index (χ3n) is 4.84. The summed E-state index contributed by atoms with van der Waals surface area (Å²) in [5.74, 6) is -0.0522. The van der Waals surface area contributed by atoms with E-state index in [9.17, 15) is 14.3 Å². The Morgan fingerprint density at radius 2 is 2.10 bits per heavy atom. The summed E-state index contributed by atoms with van der Waals surface area (Å²) in [5.41, 5.74) is 1.32. The molecule has 1 aliphatic rings. The lowest BCUT2D eigenvalue weighted by Gasteiger charge is -2.21. The van der Waals surface area contributed by atoms with Crippen molar-refractivity contribution in [1.29, 1.82) is 0 Å². The number of anilines is 1. The lowest BCUT2D eigenvalue weighted by Crippen LogP contribution is -2.21. The largest absolute Gasteiger partial charge is 0.779 e. The van der Waals surface area contributed by atoms with Gasteiger partial charge in [-0.15, -0.1) is 0 Å². The van der Waals surface area contributed by atoms with Gasteiger partial charge in [0, 0.05) is 25.8 Å². The number of carbonyl (C=O) groups excluding carboxylic acids is 1. The molecule has 2 aromatic heterocycles. The first-order chi connectivity index (χ1) is 14.9. The molecule has 0 saturated carbocycles. The molecule has 0 spiro atoms. The summed E-state index contributed by atoms with van der Waals surface area (Å²) in [6.45, 7) is 0.909. The highest BCUT2D eigenvalue weighted by molar-refractivity contribution is 7.50. The number of methoxy groups -OCH3 is 1. The topological polar surface area (TPSA) is 141 Å². The minimum atomic E-state index is -3.86. The third-order valence-corrected chi connectivity index (χ3v) is 5.46. The molecule has 0 radical (unpaired) electrons. The van der Waals surface area contributed by atoms with Crippen molar-refractivity contribution in [1.82, 2.24) is 19.5 Å². The monoisotopic (exact) mass is 446 g/mol. The van der Waals surface area contributed by atoms with Gasteiger partial charge in [0.1, 0.15) is 20.0 Å². The molecule has 1 unspecified atom stereocenters. The molecule has 31 heavy (non-hydrogen) atoms. The normalized spacial score (nSPS) is 23.0. The molecule has 0 bridgehead atoms. The molecular weight excluding hydrogens is 425 g/mol. The summed E-state index contributed by atoms with van der Waals surface area (Å²) in [7, 11) is -2.32. The van der Waals surface area contributed by atoms with E-state index in [1.165, 1.54) is 12.7 Å². The summed E-state index contributed by atoms with van der Waals surface area (Å²) in [6.07, 6.45) is 1.83. The van der Waals surface area contributed by atoms with Crippen LogP contribution in [0.4, 0.5) is 5.82 Å². The highest BCUT2D eigenvalue weighted by Crippen LogP contribution is 2.37. The molecule has 3 aromatic rings. The highest BCUT2D eigenvalue weighted by Gasteiger charge is 2.38. The van der Waals surface area contributed by atoms with Crippen LogP contribution in [0.1, 0.15) is 23.0 Å². The van der Waals surface area contributed by atoms with Crippen LogP contribution in [0.25, 0.3) is 11.2 Å². The first-order valence-electron chi connectivity index (χ1n) is 9.51. The molecule has 1 saturated heterocycles. The summed E-state index contributed by atoms with van der Waals surface area (Å²) in [5, 5.41) is 2.75. The van der Waals surface area contributed by atoms with Gasteiger partial charge in [0.2, 0.25) is 0 Å². The van der Waals surface area contributed by atoms with E-state index in [1.807, 2.05) is 6.07 Å². The van der Waals surface area contributed by atoms with Crippen LogP contribution in [0.2, 0.25) is 0 Å². The Morgan fingerprint density at radius 3 is 2.81 bits per heavy atom. The standard InChI is InChI=1S/C19H22N5O6P/c1-28-14-8-13(9-29-31(2,26)27)30-19(14)24-11-22-15-16(20-10-21-17(15)24)23-18(25)12-6-4-3-5-7-12/h3-7,10-11,13-14,19H,8-9H2,1-2H3,(H,26,27)(H,20,21,23,25)/p-1/t13-,14-,19+/m0/s1. The van der Waals surface area contributed by atoms with Crippen LogP contribution in [0, 0.1) is 0 Å². The van der Waals surface area contributed by atoms with Gasteiger partial charge in [-0.3, -0.25) is 9.36 Å². The second-order valence-electron chi connectivity index (χ2n) is 7.09. The number of amides is 1. The quantitative estimate of drug-likeness (QED) is 0.536. The Balaban J connectivity index is 1.57. The second-order valence-corrected chi connectivity index (χ2v) is 8.89. The van der Waals surface area contributed by atoms with Gasteiger partial charge in [-0.1, -0.05) is 18.2 Å². The van der Waals surface area contributed by atoms with Crippen molar-refractivity contribution in [3.8, 4) is 0 Å². The summed E-state index contributed by atoms with van der Waals surface area (Å²) in [6, 6.07) is 8.75. The van der Waals surface area contributed by atoms with E-state index in [4.69, 9.17) is 14.0 Å². The fraction of sp³-hybridized carbons (Fsp3) is 0.368. The zero-order valence-corrected chi connectivity index (χ0v) is 17.8. The number of nitrogens with one attached hydrogen (secondary N) is 1. The third kappa shape index (κ3) is 4.81. The maximum Gasteiger partial charge on any atom is 0.256 e. The van der Waals surface area contributed by atoms with Crippen molar-refractivity contribution < 1.29 is 28.3 Å². The Labute approximate surface area is 177 Å². The average Bonchev–Trinajstić information content (AvgIpc) is 3.36. The fourth-order valence-electron chi connectivity index (χ4n) is 3.40. The molecular formula is C19H21N5O6P-. The van der Waals surface area contributed by atoms with Gasteiger partial charge in [0.15, 0.2) is 23.2 Å². The molecule has 1 fully saturated rings. The molecule has 4 atom stereocenters. The predicted octanol–water partition coefficient (Wildman–Crippen LogP) is 1.58. The van der Waals surface area contributed by atoms with Crippen LogP contribution >= 0.6 is 7.60 Å². The van der Waals surface area contributed by atoms with Crippen molar-refractivity contribution in [2.75, 3.05) is 25.7 Å². The Kier molecular flexibility index (Phi) is 6.12. The number of ether oxygens (including phenoxy) is 2. The molecule has 164 valence electrons. The summed E-state index contributed by atoms with van der Waals surface area (Å²) in [4.78, 5) is 36.6. The molecule has 1 N–H and O–H groups in total. The number of carbonyl (C=O) groups is 1. The number of fused-ring (bicyclic) bond motifs is 1. The van der Waals surface area contributed by atoms with Crippen molar-refractivity contribution >= 4 is 30.5 Å². The van der Waals surface area contributed by atoms with E-state index >= 15 is 0 Å². The van der Waals surface area contributed by atoms with E-state index in [0.29, 0.717) is 23.1 Å². The van der Waals surface area contributed by atoms with Crippen LogP contribution in [-0.4, -0.2) is 58.0 Å². The number of nitrogens with zero attached hydrogens (tertiary/aromatic N) is 4. The number of aromatic nitrogens is 4. The first kappa shape index (κ1) is 21.5. The zero-order valence-electron chi connectivity index (χ0n) is 16.9. The van der Waals surface area contributed by atoms with Crippen LogP contribution in [0.15, 0.2) is 43.0 Å². The van der Waals surface area contributed by atoms with Crippen LogP contribution in [-0.2, 0) is 18.6 Å². The van der Waals surface area contributed by atoms with Gasteiger partial charge >= 0.3 is 0 Å². The number of hydrogen-bond donors (Lipinski definition) is 1. The van der Waals surface area contributed by atoms with Crippen molar-refractivity contribution in [3.63, 3.8) is 0 Å². The van der Waals surface area contributed by atoms with Gasteiger partial charge < -0.3 is 28.8 Å². The van der Waals surface area contributed by atoms with Crippen molar-refractivity contribution in [2.24, 2.45) is 0 Å². The predicted molar refractivity (Wildman–Crippen MR) is 109 cm³/mol. The average molecular weight is 446 g/mol. The van der Waals surface area contributed by atoms with E-state index in [0.717, 1.165) is 6.66 Å². The number of rotatable bonds is 7. The molecule has 3 heterocycles. The second kappa shape index (κ2) is 8.81. The number of benzene rings is 1.